The van der Waals surface area contributed by atoms with Crippen LogP contribution in [0.25, 0.3) is 0 Å². The molecule has 1 heterocycles. The summed E-state index contributed by atoms with van der Waals surface area (Å²) in [6, 6.07) is 0.282. The van der Waals surface area contributed by atoms with Gasteiger partial charge in [0.15, 0.2) is 0 Å². The molecule has 0 atom stereocenters. The minimum atomic E-state index is -5.34. The number of aromatic nitrogens is 1. The number of aliphatic carboxylic acids is 1. The molecule has 0 fully saturated rings. The Hall–Kier alpha value is -1.27. The van der Waals surface area contributed by atoms with Crippen molar-refractivity contribution in [2.45, 2.75) is 19.0 Å². The lowest BCUT2D eigenvalue weighted by molar-refractivity contribution is -0.278. The number of ether oxygens (including phenoxy) is 1. The molecule has 0 saturated carbocycles. The van der Waals surface area contributed by atoms with Gasteiger partial charge in [-0.2, -0.15) is 13.2 Å². The van der Waals surface area contributed by atoms with Crippen molar-refractivity contribution in [3.05, 3.63) is 20.9 Å². The Kier molecular flexibility index (Phi) is 4.71. The molecule has 112 valence electrons. The summed E-state index contributed by atoms with van der Waals surface area (Å²) in [6.45, 7) is 0. The van der Waals surface area contributed by atoms with E-state index < -0.39 is 36.4 Å². The monoisotopic (exact) mass is 415 g/mol. The van der Waals surface area contributed by atoms with E-state index in [4.69, 9.17) is 5.11 Å². The van der Waals surface area contributed by atoms with Gasteiger partial charge in [0.05, 0.1) is 6.42 Å². The van der Waals surface area contributed by atoms with E-state index in [0.29, 0.717) is 0 Å². The van der Waals surface area contributed by atoms with Crippen molar-refractivity contribution >= 4 is 28.6 Å². The van der Waals surface area contributed by atoms with Crippen molar-refractivity contribution in [1.29, 1.82) is 0 Å². The number of carboxylic acids is 1. The maximum atomic E-state index is 12.6. The molecule has 0 radical (unpaired) electrons. The quantitative estimate of drug-likeness (QED) is 0.468. The van der Waals surface area contributed by atoms with E-state index in [9.17, 15) is 31.1 Å². The Bertz CT molecular complexity index is 528. The highest BCUT2D eigenvalue weighted by Crippen LogP contribution is 2.38. The van der Waals surface area contributed by atoms with Crippen LogP contribution in [0.5, 0.6) is 5.88 Å². The smallest absolute Gasteiger partial charge is 0.481 e. The van der Waals surface area contributed by atoms with E-state index in [1.54, 1.807) is 0 Å². The molecule has 20 heavy (non-hydrogen) atoms. The summed E-state index contributed by atoms with van der Waals surface area (Å²) in [5, 5.41) is 8.52. The second-order valence-corrected chi connectivity index (χ2v) is 4.43. The largest absolute Gasteiger partial charge is 0.574 e. The van der Waals surface area contributed by atoms with Crippen LogP contribution in [0.4, 0.5) is 26.3 Å². The van der Waals surface area contributed by atoms with Crippen molar-refractivity contribution in [2.75, 3.05) is 0 Å². The minimum Gasteiger partial charge on any atom is -0.481 e. The van der Waals surface area contributed by atoms with Gasteiger partial charge in [0.2, 0.25) is 5.88 Å². The van der Waals surface area contributed by atoms with E-state index in [0.717, 1.165) is 0 Å². The Morgan fingerprint density at radius 1 is 1.30 bits per heavy atom. The van der Waals surface area contributed by atoms with Crippen LogP contribution in [0.15, 0.2) is 6.07 Å². The molecule has 1 aromatic rings. The summed E-state index contributed by atoms with van der Waals surface area (Å²) in [5.41, 5.74) is -2.15. The molecule has 0 unspecified atom stereocenters. The van der Waals surface area contributed by atoms with Crippen LogP contribution in [0.2, 0.25) is 0 Å². The molecular weight excluding hydrogens is 411 g/mol. The molecule has 0 saturated heterocycles. The van der Waals surface area contributed by atoms with Gasteiger partial charge in [-0.3, -0.25) is 4.79 Å². The van der Waals surface area contributed by atoms with Crippen LogP contribution in [-0.2, 0) is 17.4 Å². The first kappa shape index (κ1) is 16.8. The van der Waals surface area contributed by atoms with Crippen LogP contribution < -0.4 is 4.74 Å². The van der Waals surface area contributed by atoms with E-state index >= 15 is 0 Å². The number of nitrogens with zero attached hydrogens (tertiary/aromatic N) is 1. The number of rotatable bonds is 3. The maximum Gasteiger partial charge on any atom is 0.574 e. The third-order valence-electron chi connectivity index (χ3n) is 1.87. The Labute approximate surface area is 120 Å². The molecular formula is C9H4F6INO3. The third-order valence-corrected chi connectivity index (χ3v) is 2.81. The number of carbonyl (C=O) groups is 1. The van der Waals surface area contributed by atoms with Gasteiger partial charge in [0.25, 0.3) is 0 Å². The Morgan fingerprint density at radius 2 is 1.85 bits per heavy atom. The average Bonchev–Trinajstić information content (AvgIpc) is 2.17. The van der Waals surface area contributed by atoms with Gasteiger partial charge in [-0.05, 0) is 34.2 Å². The number of alkyl halides is 6. The second-order valence-electron chi connectivity index (χ2n) is 3.41. The van der Waals surface area contributed by atoms with E-state index in [-0.39, 0.29) is 15.3 Å². The average molecular weight is 415 g/mol. The highest BCUT2D eigenvalue weighted by atomic mass is 127. The van der Waals surface area contributed by atoms with Crippen molar-refractivity contribution in [2.24, 2.45) is 0 Å². The summed E-state index contributed by atoms with van der Waals surface area (Å²) in [6.07, 6.45) is -11.3. The fourth-order valence-corrected chi connectivity index (χ4v) is 1.76. The molecule has 0 amide bonds. The lowest BCUT2D eigenvalue weighted by Gasteiger charge is -2.16. The maximum absolute atomic E-state index is 12.6. The topological polar surface area (TPSA) is 59.4 Å². The van der Waals surface area contributed by atoms with Crippen LogP contribution in [-0.4, -0.2) is 22.4 Å². The molecule has 0 aromatic carbocycles. The van der Waals surface area contributed by atoms with Gasteiger partial charge in [0.1, 0.15) is 9.26 Å². The lowest BCUT2D eigenvalue weighted by atomic mass is 10.1. The van der Waals surface area contributed by atoms with Gasteiger partial charge < -0.3 is 9.84 Å². The second kappa shape index (κ2) is 5.61. The van der Waals surface area contributed by atoms with Crippen LogP contribution >= 0.6 is 22.6 Å². The molecule has 0 aliphatic rings. The van der Waals surface area contributed by atoms with Crippen molar-refractivity contribution in [1.82, 2.24) is 4.98 Å². The predicted octanol–water partition coefficient (Wildman–Crippen LogP) is 3.23. The molecule has 0 aliphatic carbocycles. The molecule has 0 bridgehead atoms. The zero-order valence-electron chi connectivity index (χ0n) is 9.14. The summed E-state index contributed by atoms with van der Waals surface area (Å²) >= 11 is 1.33. The number of carboxylic acid groups (broad SMARTS) is 1. The van der Waals surface area contributed by atoms with Gasteiger partial charge >= 0.3 is 18.5 Å². The molecule has 4 nitrogen and oxygen atoms in total. The number of hydrogen-bond acceptors (Lipinski definition) is 3. The van der Waals surface area contributed by atoms with E-state index in [2.05, 4.69) is 9.72 Å². The molecule has 1 aromatic heterocycles. The predicted molar refractivity (Wildman–Crippen MR) is 60.0 cm³/mol. The Balaban J connectivity index is 3.37. The molecule has 1 rings (SSSR count). The molecule has 0 spiro atoms. The van der Waals surface area contributed by atoms with Gasteiger partial charge in [-0.25, -0.2) is 4.98 Å². The first-order valence-electron chi connectivity index (χ1n) is 4.64. The first-order valence-corrected chi connectivity index (χ1v) is 5.72. The summed E-state index contributed by atoms with van der Waals surface area (Å²) in [5.74, 6) is -3.11. The number of hydrogen-bond donors (Lipinski definition) is 1. The Morgan fingerprint density at radius 3 is 2.25 bits per heavy atom. The highest BCUT2D eigenvalue weighted by Gasteiger charge is 2.41. The molecule has 1 N–H and O–H groups in total. The fourth-order valence-electron chi connectivity index (χ4n) is 1.19. The van der Waals surface area contributed by atoms with E-state index in [1.807, 2.05) is 0 Å². The summed E-state index contributed by atoms with van der Waals surface area (Å²) in [7, 11) is 0. The highest BCUT2D eigenvalue weighted by molar-refractivity contribution is 14.1. The molecule has 11 heteroatoms. The van der Waals surface area contributed by atoms with Gasteiger partial charge in [-0.15, -0.1) is 13.2 Å². The zero-order chi connectivity index (χ0) is 15.7. The lowest BCUT2D eigenvalue weighted by Crippen LogP contribution is -2.22. The van der Waals surface area contributed by atoms with E-state index in [1.165, 1.54) is 22.6 Å². The number of halogens is 7. The molecule has 0 aliphatic heterocycles. The SMILES string of the molecule is O=C(O)Cc1cc(C(F)(F)F)c(OC(F)(F)F)nc1I. The van der Waals surface area contributed by atoms with Gasteiger partial charge in [0, 0.05) is 0 Å². The van der Waals surface area contributed by atoms with Crippen molar-refractivity contribution in [3.8, 4) is 5.88 Å². The fraction of sp³-hybridized carbons (Fsp3) is 0.333. The van der Waals surface area contributed by atoms with Crippen molar-refractivity contribution in [3.63, 3.8) is 0 Å². The minimum absolute atomic E-state index is 0.282. The summed E-state index contributed by atoms with van der Waals surface area (Å²) < 4.78 is 76.9. The normalized spacial score (nSPS) is 12.3. The first-order chi connectivity index (χ1) is 8.90. The van der Waals surface area contributed by atoms with Crippen LogP contribution in [0.3, 0.4) is 0 Å². The zero-order valence-corrected chi connectivity index (χ0v) is 11.3. The summed E-state index contributed by atoms with van der Waals surface area (Å²) in [4.78, 5) is 13.5. The van der Waals surface area contributed by atoms with Gasteiger partial charge in [-0.1, -0.05) is 0 Å². The third kappa shape index (κ3) is 4.68. The van der Waals surface area contributed by atoms with Crippen molar-refractivity contribution < 1.29 is 41.0 Å². The van der Waals surface area contributed by atoms with Crippen LogP contribution in [0.1, 0.15) is 11.1 Å². The number of pyridine rings is 1. The van der Waals surface area contributed by atoms with Crippen LogP contribution in [0, 0.1) is 3.70 Å². The standard InChI is InChI=1S/C9H4F6INO3/c10-8(11,12)4-1-3(2-5(18)19)6(16)17-7(4)20-9(13,14)15/h1H,2H2,(H,18,19).